The molecule has 3 heteroatoms. The van der Waals surface area contributed by atoms with E-state index >= 15 is 0 Å². The van der Waals surface area contributed by atoms with Crippen LogP contribution in [0.5, 0.6) is 0 Å². The number of unbranched alkanes of at least 4 members (excludes halogenated alkanes) is 8. The third-order valence-electron chi connectivity index (χ3n) is 6.50. The molecule has 0 heterocycles. The monoisotopic (exact) mass is 356 g/mol. The highest BCUT2D eigenvalue weighted by atomic mass is 16.3. The van der Waals surface area contributed by atoms with Gasteiger partial charge < -0.3 is 15.3 Å². The molecule has 3 N–H and O–H groups in total. The minimum absolute atomic E-state index is 0.253. The lowest BCUT2D eigenvalue weighted by Gasteiger charge is -2.42. The zero-order chi connectivity index (χ0) is 18.3. The van der Waals surface area contributed by atoms with Crippen LogP contribution in [-0.2, 0) is 0 Å². The summed E-state index contributed by atoms with van der Waals surface area (Å²) < 4.78 is 0. The van der Waals surface area contributed by atoms with Crippen molar-refractivity contribution < 1.29 is 15.3 Å². The van der Waals surface area contributed by atoms with Crippen molar-refractivity contribution >= 4 is 0 Å². The van der Waals surface area contributed by atoms with Crippen molar-refractivity contribution in [3.8, 4) is 0 Å². The summed E-state index contributed by atoms with van der Waals surface area (Å²) in [5, 5.41) is 28.6. The highest BCUT2D eigenvalue weighted by Crippen LogP contribution is 2.42. The van der Waals surface area contributed by atoms with Crippen LogP contribution in [0.15, 0.2) is 0 Å². The lowest BCUT2D eigenvalue weighted by Crippen LogP contribution is -2.39. The molecular formula is C22H44O3. The van der Waals surface area contributed by atoms with Crippen LogP contribution in [0.1, 0.15) is 96.8 Å². The van der Waals surface area contributed by atoms with Crippen molar-refractivity contribution in [3.63, 3.8) is 0 Å². The normalized spacial score (nSPS) is 26.9. The topological polar surface area (TPSA) is 60.7 Å². The summed E-state index contributed by atoms with van der Waals surface area (Å²) in [5.74, 6) is 1.88. The molecule has 0 spiro atoms. The summed E-state index contributed by atoms with van der Waals surface area (Å²) in [6.07, 6.45) is 17.3. The molecule has 0 radical (unpaired) electrons. The maximum atomic E-state index is 9.92. The largest absolute Gasteiger partial charge is 0.396 e. The van der Waals surface area contributed by atoms with Gasteiger partial charge in [0.25, 0.3) is 0 Å². The lowest BCUT2D eigenvalue weighted by molar-refractivity contribution is -0.000268. The first-order chi connectivity index (χ1) is 12.3. The van der Waals surface area contributed by atoms with Crippen LogP contribution < -0.4 is 0 Å². The Morgan fingerprint density at radius 1 is 0.600 bits per heavy atom. The van der Waals surface area contributed by atoms with Crippen molar-refractivity contribution in [2.24, 2.45) is 23.7 Å². The quantitative estimate of drug-likeness (QED) is 0.365. The average molecular weight is 357 g/mol. The summed E-state index contributed by atoms with van der Waals surface area (Å²) >= 11 is 0. The van der Waals surface area contributed by atoms with E-state index in [2.05, 4.69) is 6.92 Å². The predicted octanol–water partition coefficient (Wildman–Crippen LogP) is 4.92. The van der Waals surface area contributed by atoms with E-state index in [9.17, 15) is 10.2 Å². The lowest BCUT2D eigenvalue weighted by atomic mass is 9.64. The number of rotatable bonds is 15. The maximum Gasteiger partial charge on any atom is 0.0465 e. The molecule has 1 saturated carbocycles. The molecule has 3 nitrogen and oxygen atoms in total. The molecule has 4 atom stereocenters. The summed E-state index contributed by atoms with van der Waals surface area (Å²) in [6.45, 7) is 3.07. The van der Waals surface area contributed by atoms with Gasteiger partial charge in [0.1, 0.15) is 0 Å². The van der Waals surface area contributed by atoms with Crippen LogP contribution in [-0.4, -0.2) is 35.1 Å². The number of hydrogen-bond acceptors (Lipinski definition) is 3. The fourth-order valence-electron chi connectivity index (χ4n) is 4.89. The predicted molar refractivity (Wildman–Crippen MR) is 106 cm³/mol. The van der Waals surface area contributed by atoms with Gasteiger partial charge in [-0.25, -0.2) is 0 Å². The first-order valence-corrected chi connectivity index (χ1v) is 11.1. The number of hydrogen-bond donors (Lipinski definition) is 3. The zero-order valence-corrected chi connectivity index (χ0v) is 16.7. The standard InChI is InChI=1S/C22H44O3/c1-2-3-12-19-14-15-20(22(18-25)21(19)17-24)13-10-8-6-4-5-7-9-11-16-23/h19-25H,2-18H2,1H3. The van der Waals surface area contributed by atoms with Crippen molar-refractivity contribution in [1.29, 1.82) is 0 Å². The summed E-state index contributed by atoms with van der Waals surface area (Å²) in [6, 6.07) is 0. The second-order valence-electron chi connectivity index (χ2n) is 8.27. The van der Waals surface area contributed by atoms with Crippen molar-refractivity contribution in [3.05, 3.63) is 0 Å². The van der Waals surface area contributed by atoms with E-state index in [1.54, 1.807) is 0 Å². The van der Waals surface area contributed by atoms with Crippen LogP contribution in [0.3, 0.4) is 0 Å². The second kappa shape index (κ2) is 15.0. The van der Waals surface area contributed by atoms with Crippen molar-refractivity contribution in [1.82, 2.24) is 0 Å². The SMILES string of the molecule is CCCCC1CCC(CCCCCCCCCCO)C(CO)C1CO. The van der Waals surface area contributed by atoms with Crippen LogP contribution >= 0.6 is 0 Å². The number of aliphatic hydroxyl groups excluding tert-OH is 3. The van der Waals surface area contributed by atoms with E-state index in [-0.39, 0.29) is 13.2 Å². The summed E-state index contributed by atoms with van der Waals surface area (Å²) in [4.78, 5) is 0. The molecule has 0 aliphatic heterocycles. The van der Waals surface area contributed by atoms with Gasteiger partial charge in [0, 0.05) is 19.8 Å². The van der Waals surface area contributed by atoms with Crippen molar-refractivity contribution in [2.75, 3.05) is 19.8 Å². The molecule has 150 valence electrons. The van der Waals surface area contributed by atoms with Crippen LogP contribution in [0.4, 0.5) is 0 Å². The van der Waals surface area contributed by atoms with E-state index in [1.165, 1.54) is 83.5 Å². The minimum atomic E-state index is 0.253. The van der Waals surface area contributed by atoms with Gasteiger partial charge in [0.05, 0.1) is 0 Å². The van der Waals surface area contributed by atoms with Crippen LogP contribution in [0, 0.1) is 23.7 Å². The molecule has 1 rings (SSSR count). The van der Waals surface area contributed by atoms with Gasteiger partial charge in [-0.05, 0) is 42.9 Å². The van der Waals surface area contributed by atoms with Gasteiger partial charge in [-0.2, -0.15) is 0 Å². The molecule has 0 amide bonds. The minimum Gasteiger partial charge on any atom is -0.396 e. The van der Waals surface area contributed by atoms with E-state index < -0.39 is 0 Å². The molecule has 1 aliphatic rings. The molecule has 25 heavy (non-hydrogen) atoms. The fraction of sp³-hybridized carbons (Fsp3) is 1.00. The van der Waals surface area contributed by atoms with Crippen LogP contribution in [0.25, 0.3) is 0 Å². The van der Waals surface area contributed by atoms with Gasteiger partial charge in [0.2, 0.25) is 0 Å². The maximum absolute atomic E-state index is 9.92. The summed E-state index contributed by atoms with van der Waals surface area (Å²) in [7, 11) is 0. The van der Waals surface area contributed by atoms with Gasteiger partial charge in [-0.3, -0.25) is 0 Å². The van der Waals surface area contributed by atoms with Gasteiger partial charge in [-0.15, -0.1) is 0 Å². The van der Waals surface area contributed by atoms with E-state index in [0.717, 1.165) is 6.42 Å². The third kappa shape index (κ3) is 8.88. The Kier molecular flexibility index (Phi) is 13.7. The van der Waals surface area contributed by atoms with E-state index in [4.69, 9.17) is 5.11 Å². The number of aliphatic hydroxyl groups is 3. The summed E-state index contributed by atoms with van der Waals surface area (Å²) in [5.41, 5.74) is 0. The fourth-order valence-corrected chi connectivity index (χ4v) is 4.89. The molecule has 0 aromatic carbocycles. The van der Waals surface area contributed by atoms with Crippen LogP contribution in [0.2, 0.25) is 0 Å². The molecule has 4 unspecified atom stereocenters. The molecule has 0 bridgehead atoms. The first-order valence-electron chi connectivity index (χ1n) is 11.1. The highest BCUT2D eigenvalue weighted by Gasteiger charge is 2.37. The Morgan fingerprint density at radius 2 is 1.04 bits per heavy atom. The molecule has 0 aromatic heterocycles. The molecule has 1 fully saturated rings. The average Bonchev–Trinajstić information content (AvgIpc) is 2.64. The molecule has 1 aliphatic carbocycles. The molecular weight excluding hydrogens is 312 g/mol. The smallest absolute Gasteiger partial charge is 0.0465 e. The highest BCUT2D eigenvalue weighted by molar-refractivity contribution is 4.87. The Labute approximate surface area is 156 Å². The Balaban J connectivity index is 2.22. The third-order valence-corrected chi connectivity index (χ3v) is 6.50. The van der Waals surface area contributed by atoms with Gasteiger partial charge in [-0.1, -0.05) is 77.6 Å². The second-order valence-corrected chi connectivity index (χ2v) is 8.27. The molecule has 0 aromatic rings. The molecule has 0 saturated heterocycles. The van der Waals surface area contributed by atoms with Gasteiger partial charge in [0.15, 0.2) is 0 Å². The Hall–Kier alpha value is -0.120. The Morgan fingerprint density at radius 3 is 1.48 bits per heavy atom. The van der Waals surface area contributed by atoms with Gasteiger partial charge >= 0.3 is 0 Å². The van der Waals surface area contributed by atoms with E-state index in [0.29, 0.717) is 30.3 Å². The van der Waals surface area contributed by atoms with E-state index in [1.807, 2.05) is 0 Å². The first kappa shape index (κ1) is 22.9. The van der Waals surface area contributed by atoms with Crippen molar-refractivity contribution in [2.45, 2.75) is 96.8 Å². The zero-order valence-electron chi connectivity index (χ0n) is 16.7. The Bertz CT molecular complexity index is 295.